The van der Waals surface area contributed by atoms with E-state index in [0.717, 1.165) is 22.7 Å². The first-order valence-corrected chi connectivity index (χ1v) is 9.09. The third-order valence-corrected chi connectivity index (χ3v) is 4.49. The Morgan fingerprint density at radius 2 is 1.92 bits per heavy atom. The van der Waals surface area contributed by atoms with Crippen LogP contribution in [0, 0.1) is 0 Å². The molecule has 0 aromatic heterocycles. The van der Waals surface area contributed by atoms with Gasteiger partial charge in [0.15, 0.2) is 0 Å². The number of rotatable bonds is 7. The highest BCUT2D eigenvalue weighted by atomic mass is 16.5. The van der Waals surface area contributed by atoms with Crippen molar-refractivity contribution >= 4 is 23.2 Å². The highest BCUT2D eigenvalue weighted by molar-refractivity contribution is 5.94. The Kier molecular flexibility index (Phi) is 5.89. The van der Waals surface area contributed by atoms with Gasteiger partial charge in [-0.1, -0.05) is 24.3 Å². The van der Waals surface area contributed by atoms with Crippen LogP contribution in [0.3, 0.4) is 0 Å². The van der Waals surface area contributed by atoms with Crippen molar-refractivity contribution in [3.8, 4) is 5.75 Å². The number of hydrogen-bond donors (Lipinski definition) is 1. The lowest BCUT2D eigenvalue weighted by atomic mass is 10.0. The van der Waals surface area contributed by atoms with Gasteiger partial charge in [0.25, 0.3) is 0 Å². The van der Waals surface area contributed by atoms with Gasteiger partial charge in [0.2, 0.25) is 11.8 Å². The van der Waals surface area contributed by atoms with Crippen molar-refractivity contribution in [1.29, 1.82) is 0 Å². The molecule has 1 aliphatic heterocycles. The third kappa shape index (κ3) is 4.23. The molecule has 2 amide bonds. The number of anilines is 2. The van der Waals surface area contributed by atoms with Gasteiger partial charge in [0, 0.05) is 36.3 Å². The summed E-state index contributed by atoms with van der Waals surface area (Å²) < 4.78 is 5.89. The maximum Gasteiger partial charge on any atom is 0.227 e. The number of carbonyl (C=O) groups is 2. The van der Waals surface area contributed by atoms with Crippen LogP contribution in [0.2, 0.25) is 0 Å². The van der Waals surface area contributed by atoms with Crippen molar-refractivity contribution < 1.29 is 14.3 Å². The number of benzene rings is 2. The topological polar surface area (TPSA) is 58.6 Å². The first-order valence-electron chi connectivity index (χ1n) is 9.09. The highest BCUT2D eigenvalue weighted by Crippen LogP contribution is 2.31. The van der Waals surface area contributed by atoms with Crippen molar-refractivity contribution in [2.24, 2.45) is 0 Å². The smallest absolute Gasteiger partial charge is 0.227 e. The van der Waals surface area contributed by atoms with Crippen LogP contribution in [0.4, 0.5) is 11.4 Å². The number of fused-ring (bicyclic) bond motifs is 1. The Balaban J connectivity index is 1.52. The van der Waals surface area contributed by atoms with Gasteiger partial charge >= 0.3 is 0 Å². The molecule has 0 fully saturated rings. The van der Waals surface area contributed by atoms with E-state index >= 15 is 0 Å². The van der Waals surface area contributed by atoms with Crippen LogP contribution in [0.5, 0.6) is 5.75 Å². The Bertz CT molecular complexity index is 774. The van der Waals surface area contributed by atoms with E-state index in [1.54, 1.807) is 4.90 Å². The molecule has 0 bridgehead atoms. The van der Waals surface area contributed by atoms with Crippen LogP contribution < -0.4 is 15.0 Å². The largest absolute Gasteiger partial charge is 0.493 e. The van der Waals surface area contributed by atoms with Crippen molar-refractivity contribution in [2.75, 3.05) is 23.4 Å². The minimum atomic E-state index is 0.0424. The summed E-state index contributed by atoms with van der Waals surface area (Å²) in [6.07, 6.45) is 2.26. The van der Waals surface area contributed by atoms with Gasteiger partial charge in [-0.2, -0.15) is 0 Å². The molecular weight excluding hydrogens is 328 g/mol. The molecule has 1 N–H and O–H groups in total. The molecule has 5 nitrogen and oxygen atoms in total. The van der Waals surface area contributed by atoms with Crippen LogP contribution >= 0.6 is 0 Å². The summed E-state index contributed by atoms with van der Waals surface area (Å²) in [5.74, 6) is 0.941. The third-order valence-electron chi connectivity index (χ3n) is 4.49. The lowest BCUT2D eigenvalue weighted by molar-refractivity contribution is -0.119. The normalized spacial score (nSPS) is 12.9. The molecule has 0 saturated carbocycles. The summed E-state index contributed by atoms with van der Waals surface area (Å²) in [5.41, 5.74) is 2.79. The number of amides is 2. The first kappa shape index (κ1) is 18.0. The fourth-order valence-electron chi connectivity index (χ4n) is 3.18. The van der Waals surface area contributed by atoms with E-state index in [1.165, 1.54) is 0 Å². The van der Waals surface area contributed by atoms with Gasteiger partial charge in [0.05, 0.1) is 6.61 Å². The molecule has 1 aliphatic rings. The van der Waals surface area contributed by atoms with Crippen molar-refractivity contribution in [1.82, 2.24) is 0 Å². The van der Waals surface area contributed by atoms with Gasteiger partial charge in [-0.25, -0.2) is 0 Å². The predicted octanol–water partition coefficient (Wildman–Crippen LogP) is 3.78. The second-order valence-corrected chi connectivity index (χ2v) is 6.26. The summed E-state index contributed by atoms with van der Waals surface area (Å²) in [7, 11) is 0. The molecule has 1 heterocycles. The number of para-hydroxylation sites is 1. The Morgan fingerprint density at radius 3 is 2.69 bits per heavy atom. The maximum absolute atomic E-state index is 12.5. The quantitative estimate of drug-likeness (QED) is 0.772. The highest BCUT2D eigenvalue weighted by Gasteiger charge is 2.18. The molecular formula is C21H24N2O3. The predicted molar refractivity (Wildman–Crippen MR) is 103 cm³/mol. The first-order chi connectivity index (χ1) is 12.7. The van der Waals surface area contributed by atoms with E-state index in [0.29, 0.717) is 38.8 Å². The summed E-state index contributed by atoms with van der Waals surface area (Å²) in [4.78, 5) is 25.8. The SMILES string of the molecule is CCN(C(=O)CCCOc1cccc2c1CCC(=O)N2)c1ccccc1. The molecule has 0 aliphatic carbocycles. The van der Waals surface area contributed by atoms with Crippen LogP contribution in [-0.2, 0) is 16.0 Å². The second kappa shape index (κ2) is 8.52. The van der Waals surface area contributed by atoms with Crippen molar-refractivity contribution in [2.45, 2.75) is 32.6 Å². The van der Waals surface area contributed by atoms with Gasteiger partial charge < -0.3 is 15.0 Å². The van der Waals surface area contributed by atoms with Crippen LogP contribution in [0.15, 0.2) is 48.5 Å². The molecule has 0 saturated heterocycles. The Labute approximate surface area is 154 Å². The second-order valence-electron chi connectivity index (χ2n) is 6.26. The molecule has 0 radical (unpaired) electrons. The Morgan fingerprint density at radius 1 is 1.12 bits per heavy atom. The molecule has 0 atom stereocenters. The van der Waals surface area contributed by atoms with Crippen LogP contribution in [0.25, 0.3) is 0 Å². The van der Waals surface area contributed by atoms with Crippen LogP contribution in [-0.4, -0.2) is 25.0 Å². The van der Waals surface area contributed by atoms with Crippen molar-refractivity contribution in [3.05, 3.63) is 54.1 Å². The zero-order chi connectivity index (χ0) is 18.4. The van der Waals surface area contributed by atoms with Crippen molar-refractivity contribution in [3.63, 3.8) is 0 Å². The average Bonchev–Trinajstić information content (AvgIpc) is 2.66. The number of carbonyl (C=O) groups excluding carboxylic acids is 2. The van der Waals surface area contributed by atoms with E-state index in [2.05, 4.69) is 5.32 Å². The molecule has 2 aromatic rings. The van der Waals surface area contributed by atoms with Crippen LogP contribution in [0.1, 0.15) is 31.7 Å². The summed E-state index contributed by atoms with van der Waals surface area (Å²) >= 11 is 0. The standard InChI is InChI=1S/C21H24N2O3/c1-2-23(16-8-4-3-5-9-16)21(25)12-7-15-26-19-11-6-10-18-17(19)13-14-20(24)22-18/h3-6,8-11H,2,7,12-15H2,1H3,(H,22,24). The van der Waals surface area contributed by atoms with E-state index < -0.39 is 0 Å². The molecule has 0 spiro atoms. The monoisotopic (exact) mass is 352 g/mol. The summed E-state index contributed by atoms with van der Waals surface area (Å²) in [5, 5.41) is 2.87. The van der Waals surface area contributed by atoms with Gasteiger partial charge in [-0.05, 0) is 44.0 Å². The van der Waals surface area contributed by atoms with E-state index in [9.17, 15) is 9.59 Å². The lowest BCUT2D eigenvalue weighted by Gasteiger charge is -2.22. The zero-order valence-corrected chi connectivity index (χ0v) is 15.0. The minimum absolute atomic E-state index is 0.0424. The van der Waals surface area contributed by atoms with Gasteiger partial charge in [-0.15, -0.1) is 0 Å². The summed E-state index contributed by atoms with van der Waals surface area (Å²) in [6, 6.07) is 15.4. The van der Waals surface area contributed by atoms with E-state index in [-0.39, 0.29) is 11.8 Å². The molecule has 136 valence electrons. The average molecular weight is 352 g/mol. The molecule has 0 unspecified atom stereocenters. The van der Waals surface area contributed by atoms with E-state index in [4.69, 9.17) is 4.74 Å². The van der Waals surface area contributed by atoms with Gasteiger partial charge in [0.1, 0.15) is 5.75 Å². The molecule has 26 heavy (non-hydrogen) atoms. The number of ether oxygens (including phenoxy) is 1. The number of nitrogens with zero attached hydrogens (tertiary/aromatic N) is 1. The molecule has 3 rings (SSSR count). The lowest BCUT2D eigenvalue weighted by Crippen LogP contribution is -2.30. The Hall–Kier alpha value is -2.82. The summed E-state index contributed by atoms with van der Waals surface area (Å²) in [6.45, 7) is 3.10. The van der Waals surface area contributed by atoms with E-state index in [1.807, 2.05) is 55.5 Å². The number of nitrogens with one attached hydrogen (secondary N) is 1. The molecule has 5 heteroatoms. The van der Waals surface area contributed by atoms with Gasteiger partial charge in [-0.3, -0.25) is 9.59 Å². The minimum Gasteiger partial charge on any atom is -0.493 e. The maximum atomic E-state index is 12.5. The zero-order valence-electron chi connectivity index (χ0n) is 15.0. The fourth-order valence-corrected chi connectivity index (χ4v) is 3.18. The molecule has 2 aromatic carbocycles. The number of hydrogen-bond acceptors (Lipinski definition) is 3. The fraction of sp³-hybridized carbons (Fsp3) is 0.333.